The molecule has 1 unspecified atom stereocenters. The molecule has 0 radical (unpaired) electrons. The van der Waals surface area contributed by atoms with Gasteiger partial charge in [-0.15, -0.1) is 0 Å². The maximum absolute atomic E-state index is 14.3. The molecule has 112 valence electrons. The molecule has 0 amide bonds. The van der Waals surface area contributed by atoms with Crippen LogP contribution in [0.2, 0.25) is 5.02 Å². The SMILES string of the molecule is CCCNC(c1ccc(Cl)cc1)c1ccc(C)c(F)c1F. The van der Waals surface area contributed by atoms with Crippen molar-refractivity contribution in [2.24, 2.45) is 0 Å². The molecular weight excluding hydrogens is 292 g/mol. The molecule has 0 spiro atoms. The molecule has 1 N–H and O–H groups in total. The minimum atomic E-state index is -0.793. The fourth-order valence-corrected chi connectivity index (χ4v) is 2.36. The van der Waals surface area contributed by atoms with Gasteiger partial charge in [-0.05, 0) is 43.1 Å². The molecule has 2 rings (SSSR count). The maximum atomic E-state index is 14.3. The monoisotopic (exact) mass is 309 g/mol. The van der Waals surface area contributed by atoms with E-state index in [-0.39, 0.29) is 0 Å². The zero-order valence-electron chi connectivity index (χ0n) is 12.1. The van der Waals surface area contributed by atoms with Crippen LogP contribution in [0, 0.1) is 18.6 Å². The summed E-state index contributed by atoms with van der Waals surface area (Å²) in [6.45, 7) is 4.29. The van der Waals surface area contributed by atoms with Gasteiger partial charge in [0.05, 0.1) is 6.04 Å². The molecule has 4 heteroatoms. The van der Waals surface area contributed by atoms with Gasteiger partial charge >= 0.3 is 0 Å². The minimum Gasteiger partial charge on any atom is -0.306 e. The zero-order valence-corrected chi connectivity index (χ0v) is 12.8. The van der Waals surface area contributed by atoms with Gasteiger partial charge in [-0.1, -0.05) is 42.8 Å². The van der Waals surface area contributed by atoms with E-state index in [1.54, 1.807) is 31.2 Å². The van der Waals surface area contributed by atoms with Crippen LogP contribution in [0.3, 0.4) is 0 Å². The molecule has 0 saturated heterocycles. The van der Waals surface area contributed by atoms with Crippen molar-refractivity contribution < 1.29 is 8.78 Å². The van der Waals surface area contributed by atoms with Crippen LogP contribution in [0.15, 0.2) is 36.4 Å². The second-order valence-corrected chi connectivity index (χ2v) is 5.47. The Kier molecular flexibility index (Phi) is 5.32. The van der Waals surface area contributed by atoms with Gasteiger partial charge in [0.25, 0.3) is 0 Å². The zero-order chi connectivity index (χ0) is 15.4. The molecule has 0 saturated carbocycles. The van der Waals surface area contributed by atoms with Gasteiger partial charge in [-0.25, -0.2) is 8.78 Å². The largest absolute Gasteiger partial charge is 0.306 e. The molecule has 21 heavy (non-hydrogen) atoms. The molecule has 1 nitrogen and oxygen atoms in total. The summed E-state index contributed by atoms with van der Waals surface area (Å²) in [5, 5.41) is 3.87. The first kappa shape index (κ1) is 15.9. The first-order valence-electron chi connectivity index (χ1n) is 6.98. The van der Waals surface area contributed by atoms with E-state index >= 15 is 0 Å². The van der Waals surface area contributed by atoms with Gasteiger partial charge in [-0.3, -0.25) is 0 Å². The summed E-state index contributed by atoms with van der Waals surface area (Å²) in [6, 6.07) is 10.00. The fourth-order valence-electron chi connectivity index (χ4n) is 2.24. The molecule has 0 aliphatic heterocycles. The topological polar surface area (TPSA) is 12.0 Å². The standard InChI is InChI=1S/C17H18ClF2N/c1-3-10-21-17(12-5-7-13(18)8-6-12)14-9-4-11(2)15(19)16(14)20/h4-9,17,21H,3,10H2,1-2H3. The van der Waals surface area contributed by atoms with E-state index in [1.165, 1.54) is 0 Å². The van der Waals surface area contributed by atoms with Crippen molar-refractivity contribution >= 4 is 11.6 Å². The highest BCUT2D eigenvalue weighted by Gasteiger charge is 2.20. The summed E-state index contributed by atoms with van der Waals surface area (Å²) in [5.41, 5.74) is 1.48. The van der Waals surface area contributed by atoms with Crippen molar-refractivity contribution in [3.8, 4) is 0 Å². The Morgan fingerprint density at radius 1 is 1.05 bits per heavy atom. The number of nitrogens with one attached hydrogen (secondary N) is 1. The average Bonchev–Trinajstić information content (AvgIpc) is 2.48. The van der Waals surface area contributed by atoms with Crippen molar-refractivity contribution in [1.29, 1.82) is 0 Å². The van der Waals surface area contributed by atoms with Crippen LogP contribution in [0.5, 0.6) is 0 Å². The third-order valence-electron chi connectivity index (χ3n) is 3.42. The smallest absolute Gasteiger partial charge is 0.164 e. The Morgan fingerprint density at radius 2 is 1.71 bits per heavy atom. The van der Waals surface area contributed by atoms with Gasteiger partial charge < -0.3 is 5.32 Å². The second-order valence-electron chi connectivity index (χ2n) is 5.04. The molecule has 0 aliphatic carbocycles. The van der Waals surface area contributed by atoms with E-state index in [1.807, 2.05) is 19.1 Å². The number of halogens is 3. The Bertz CT molecular complexity index is 611. The summed E-state index contributed by atoms with van der Waals surface area (Å²) in [4.78, 5) is 0. The molecule has 0 aliphatic rings. The number of hydrogen-bond donors (Lipinski definition) is 1. The van der Waals surface area contributed by atoms with E-state index in [0.717, 1.165) is 12.0 Å². The lowest BCUT2D eigenvalue weighted by Gasteiger charge is -2.21. The first-order chi connectivity index (χ1) is 10.0. The lowest BCUT2D eigenvalue weighted by molar-refractivity contribution is 0.476. The summed E-state index contributed by atoms with van der Waals surface area (Å²) >= 11 is 5.89. The van der Waals surface area contributed by atoms with Gasteiger partial charge in [0, 0.05) is 10.6 Å². The van der Waals surface area contributed by atoms with E-state index in [2.05, 4.69) is 5.32 Å². The Balaban J connectivity index is 2.45. The fraction of sp³-hybridized carbons (Fsp3) is 0.294. The highest BCUT2D eigenvalue weighted by atomic mass is 35.5. The summed E-state index contributed by atoms with van der Waals surface area (Å²) in [6.07, 6.45) is 0.903. The average molecular weight is 310 g/mol. The van der Waals surface area contributed by atoms with E-state index in [4.69, 9.17) is 11.6 Å². The van der Waals surface area contributed by atoms with Gasteiger partial charge in [0.2, 0.25) is 0 Å². The van der Waals surface area contributed by atoms with E-state index < -0.39 is 17.7 Å². The molecule has 0 fully saturated rings. The normalized spacial score (nSPS) is 12.4. The Morgan fingerprint density at radius 3 is 2.33 bits per heavy atom. The predicted molar refractivity (Wildman–Crippen MR) is 82.7 cm³/mol. The second kappa shape index (κ2) is 7.01. The van der Waals surface area contributed by atoms with E-state index in [9.17, 15) is 8.78 Å². The highest BCUT2D eigenvalue weighted by Crippen LogP contribution is 2.28. The summed E-state index contributed by atoms with van der Waals surface area (Å²) < 4.78 is 28.1. The molecule has 0 aromatic heterocycles. The third-order valence-corrected chi connectivity index (χ3v) is 3.67. The first-order valence-corrected chi connectivity index (χ1v) is 7.35. The van der Waals surface area contributed by atoms with Crippen LogP contribution in [-0.2, 0) is 0 Å². The van der Waals surface area contributed by atoms with Crippen molar-refractivity contribution in [2.75, 3.05) is 6.54 Å². The quantitative estimate of drug-likeness (QED) is 0.818. The van der Waals surface area contributed by atoms with Crippen LogP contribution in [-0.4, -0.2) is 6.54 Å². The Labute approximate surface area is 128 Å². The van der Waals surface area contributed by atoms with Crippen molar-refractivity contribution in [1.82, 2.24) is 5.32 Å². The molecule has 2 aromatic rings. The molecule has 1 atom stereocenters. The van der Waals surface area contributed by atoms with Crippen LogP contribution in [0.25, 0.3) is 0 Å². The van der Waals surface area contributed by atoms with Crippen molar-refractivity contribution in [3.63, 3.8) is 0 Å². The van der Waals surface area contributed by atoms with Gasteiger partial charge in [0.15, 0.2) is 11.6 Å². The number of hydrogen-bond acceptors (Lipinski definition) is 1. The third kappa shape index (κ3) is 3.60. The summed E-state index contributed by atoms with van der Waals surface area (Å²) in [7, 11) is 0. The van der Waals surface area contributed by atoms with Crippen LogP contribution in [0.4, 0.5) is 8.78 Å². The molecule has 0 heterocycles. The van der Waals surface area contributed by atoms with E-state index in [0.29, 0.717) is 22.7 Å². The number of rotatable bonds is 5. The molecule has 0 bridgehead atoms. The number of benzene rings is 2. The summed E-state index contributed by atoms with van der Waals surface area (Å²) in [5.74, 6) is -1.58. The predicted octanol–water partition coefficient (Wildman–Crippen LogP) is 5.02. The van der Waals surface area contributed by atoms with Crippen LogP contribution >= 0.6 is 11.6 Å². The number of aryl methyl sites for hydroxylation is 1. The van der Waals surface area contributed by atoms with Gasteiger partial charge in [-0.2, -0.15) is 0 Å². The van der Waals surface area contributed by atoms with Crippen LogP contribution < -0.4 is 5.32 Å². The molecule has 2 aromatic carbocycles. The van der Waals surface area contributed by atoms with Crippen LogP contribution in [0.1, 0.15) is 36.1 Å². The lowest BCUT2D eigenvalue weighted by atomic mass is 9.96. The molecular formula is C17H18ClF2N. The van der Waals surface area contributed by atoms with Gasteiger partial charge in [0.1, 0.15) is 0 Å². The Hall–Kier alpha value is -1.45. The lowest BCUT2D eigenvalue weighted by Crippen LogP contribution is -2.24. The van der Waals surface area contributed by atoms with Crippen molar-refractivity contribution in [2.45, 2.75) is 26.3 Å². The van der Waals surface area contributed by atoms with Crippen molar-refractivity contribution in [3.05, 3.63) is 69.7 Å². The maximum Gasteiger partial charge on any atom is 0.164 e. The highest BCUT2D eigenvalue weighted by molar-refractivity contribution is 6.30. The minimum absolute atomic E-state index is 0.307.